The molecule has 0 unspecified atom stereocenters. The molecule has 0 saturated heterocycles. The van der Waals surface area contributed by atoms with Crippen LogP contribution in [0.3, 0.4) is 0 Å². The van der Waals surface area contributed by atoms with E-state index in [-0.39, 0.29) is 0 Å². The van der Waals surface area contributed by atoms with Gasteiger partial charge in [0, 0.05) is 16.9 Å². The first-order valence-electron chi connectivity index (χ1n) is 7.08. The summed E-state index contributed by atoms with van der Waals surface area (Å²) in [6.45, 7) is 2.47. The lowest BCUT2D eigenvalue weighted by Gasteiger charge is -2.10. The Bertz CT molecular complexity index is 794. The Kier molecular flexibility index (Phi) is 4.63. The maximum absolute atomic E-state index is 6.12. The molecule has 0 fully saturated rings. The van der Waals surface area contributed by atoms with E-state index in [9.17, 15) is 0 Å². The van der Waals surface area contributed by atoms with Crippen LogP contribution in [-0.2, 0) is 6.54 Å². The van der Waals surface area contributed by atoms with Crippen LogP contribution >= 0.6 is 11.6 Å². The van der Waals surface area contributed by atoms with E-state index in [0.29, 0.717) is 23.3 Å². The fourth-order valence-electron chi connectivity index (χ4n) is 1.99. The summed E-state index contributed by atoms with van der Waals surface area (Å²) in [5.74, 6) is 1.02. The van der Waals surface area contributed by atoms with E-state index in [1.165, 1.54) is 0 Å². The summed E-state index contributed by atoms with van der Waals surface area (Å²) >= 11 is 6.12. The van der Waals surface area contributed by atoms with E-state index in [1.54, 1.807) is 12.4 Å². The summed E-state index contributed by atoms with van der Waals surface area (Å²) in [6.07, 6.45) is 3.31. The van der Waals surface area contributed by atoms with Crippen molar-refractivity contribution >= 4 is 29.1 Å². The highest BCUT2D eigenvalue weighted by Gasteiger charge is 2.05. The third-order valence-electron chi connectivity index (χ3n) is 3.24. The minimum atomic E-state index is 0.431. The van der Waals surface area contributed by atoms with Gasteiger partial charge in [0.15, 0.2) is 5.82 Å². The third-order valence-corrected chi connectivity index (χ3v) is 3.65. The Morgan fingerprint density at radius 2 is 2.04 bits per heavy atom. The van der Waals surface area contributed by atoms with Crippen molar-refractivity contribution in [2.45, 2.75) is 13.5 Å². The summed E-state index contributed by atoms with van der Waals surface area (Å²) in [6, 6.07) is 11.4. The molecule has 0 aliphatic rings. The summed E-state index contributed by atoms with van der Waals surface area (Å²) in [7, 11) is 0. The highest BCUT2D eigenvalue weighted by molar-refractivity contribution is 6.31. The Morgan fingerprint density at radius 1 is 1.13 bits per heavy atom. The normalized spacial score (nSPS) is 10.3. The van der Waals surface area contributed by atoms with Crippen LogP contribution in [0.2, 0.25) is 5.02 Å². The van der Waals surface area contributed by atoms with Gasteiger partial charge in [0.05, 0.1) is 18.4 Å². The molecule has 2 aromatic heterocycles. The highest BCUT2D eigenvalue weighted by Crippen LogP contribution is 2.25. The van der Waals surface area contributed by atoms with Crippen molar-refractivity contribution in [1.82, 2.24) is 20.2 Å². The van der Waals surface area contributed by atoms with Gasteiger partial charge < -0.3 is 10.6 Å². The number of rotatable bonds is 5. The summed E-state index contributed by atoms with van der Waals surface area (Å²) < 4.78 is 0. The van der Waals surface area contributed by atoms with E-state index in [0.717, 1.165) is 16.9 Å². The lowest BCUT2D eigenvalue weighted by atomic mass is 10.2. The van der Waals surface area contributed by atoms with Gasteiger partial charge in [0.25, 0.3) is 0 Å². The van der Waals surface area contributed by atoms with Gasteiger partial charge in [-0.25, -0.2) is 0 Å². The van der Waals surface area contributed by atoms with Crippen molar-refractivity contribution in [2.75, 3.05) is 10.6 Å². The first-order chi connectivity index (χ1) is 11.2. The highest BCUT2D eigenvalue weighted by atomic mass is 35.5. The van der Waals surface area contributed by atoms with Gasteiger partial charge in [-0.1, -0.05) is 23.7 Å². The standard InChI is InChI=1S/C16H15ClN6/c1-11-13(17)6-4-7-14(11)21-15-10-20-23-16(22-15)19-9-12-5-2-3-8-18-12/h2-8,10H,9H2,1H3,(H2,19,21,22,23). The van der Waals surface area contributed by atoms with E-state index in [1.807, 2.05) is 43.3 Å². The van der Waals surface area contributed by atoms with Crippen molar-refractivity contribution in [3.05, 3.63) is 65.1 Å². The van der Waals surface area contributed by atoms with E-state index in [2.05, 4.69) is 30.8 Å². The van der Waals surface area contributed by atoms with Crippen molar-refractivity contribution in [3.63, 3.8) is 0 Å². The molecule has 1 aromatic carbocycles. The predicted molar refractivity (Wildman–Crippen MR) is 90.9 cm³/mol. The van der Waals surface area contributed by atoms with E-state index >= 15 is 0 Å². The zero-order valence-corrected chi connectivity index (χ0v) is 13.2. The fraction of sp³-hybridized carbons (Fsp3) is 0.125. The predicted octanol–water partition coefficient (Wildman–Crippen LogP) is 3.58. The van der Waals surface area contributed by atoms with Gasteiger partial charge in [-0.15, -0.1) is 5.10 Å². The number of hydrogen-bond acceptors (Lipinski definition) is 6. The van der Waals surface area contributed by atoms with Crippen LogP contribution in [-0.4, -0.2) is 20.2 Å². The number of nitrogens with zero attached hydrogens (tertiary/aromatic N) is 4. The average molecular weight is 327 g/mol. The van der Waals surface area contributed by atoms with Crippen LogP contribution in [0.5, 0.6) is 0 Å². The van der Waals surface area contributed by atoms with Crippen LogP contribution in [0.1, 0.15) is 11.3 Å². The molecule has 3 rings (SSSR count). The number of aromatic nitrogens is 4. The van der Waals surface area contributed by atoms with Crippen molar-refractivity contribution in [1.29, 1.82) is 0 Å². The Morgan fingerprint density at radius 3 is 2.87 bits per heavy atom. The Labute approximate surface area is 139 Å². The molecule has 2 N–H and O–H groups in total. The van der Waals surface area contributed by atoms with Crippen LogP contribution in [0.25, 0.3) is 0 Å². The first kappa shape index (κ1) is 15.2. The summed E-state index contributed by atoms with van der Waals surface area (Å²) in [5, 5.41) is 14.9. The van der Waals surface area contributed by atoms with E-state index in [4.69, 9.17) is 11.6 Å². The average Bonchev–Trinajstić information content (AvgIpc) is 2.59. The Hall–Kier alpha value is -2.73. The number of halogens is 1. The second-order valence-electron chi connectivity index (χ2n) is 4.88. The number of hydrogen-bond donors (Lipinski definition) is 2. The van der Waals surface area contributed by atoms with Gasteiger partial charge in [0.1, 0.15) is 0 Å². The topological polar surface area (TPSA) is 75.6 Å². The SMILES string of the molecule is Cc1c(Cl)cccc1Nc1cnnc(NCc2ccccn2)n1. The van der Waals surface area contributed by atoms with Crippen molar-refractivity contribution in [3.8, 4) is 0 Å². The van der Waals surface area contributed by atoms with E-state index < -0.39 is 0 Å². The maximum Gasteiger partial charge on any atom is 0.245 e. The molecule has 23 heavy (non-hydrogen) atoms. The minimum Gasteiger partial charge on any atom is -0.347 e. The Balaban J connectivity index is 1.71. The molecule has 0 aliphatic carbocycles. The zero-order chi connectivity index (χ0) is 16.1. The molecule has 6 nitrogen and oxygen atoms in total. The monoisotopic (exact) mass is 326 g/mol. The van der Waals surface area contributed by atoms with Gasteiger partial charge in [-0.3, -0.25) is 4.98 Å². The molecule has 3 aromatic rings. The summed E-state index contributed by atoms with van der Waals surface area (Å²) in [5.41, 5.74) is 2.74. The van der Waals surface area contributed by atoms with Crippen LogP contribution in [0.4, 0.5) is 17.5 Å². The van der Waals surface area contributed by atoms with Crippen molar-refractivity contribution in [2.24, 2.45) is 0 Å². The minimum absolute atomic E-state index is 0.431. The zero-order valence-electron chi connectivity index (χ0n) is 12.5. The molecule has 2 heterocycles. The van der Waals surface area contributed by atoms with Crippen LogP contribution in [0, 0.1) is 6.92 Å². The van der Waals surface area contributed by atoms with Gasteiger partial charge in [0.2, 0.25) is 5.95 Å². The largest absolute Gasteiger partial charge is 0.347 e. The van der Waals surface area contributed by atoms with Crippen LogP contribution < -0.4 is 10.6 Å². The second kappa shape index (κ2) is 7.02. The first-order valence-corrected chi connectivity index (χ1v) is 7.46. The van der Waals surface area contributed by atoms with Gasteiger partial charge in [-0.05, 0) is 36.8 Å². The molecular weight excluding hydrogens is 312 g/mol. The molecule has 0 radical (unpaired) electrons. The van der Waals surface area contributed by atoms with Gasteiger partial charge >= 0.3 is 0 Å². The number of benzene rings is 1. The molecular formula is C16H15ClN6. The molecule has 0 aliphatic heterocycles. The van der Waals surface area contributed by atoms with Crippen molar-refractivity contribution < 1.29 is 0 Å². The third kappa shape index (κ3) is 3.92. The van der Waals surface area contributed by atoms with Crippen LogP contribution in [0.15, 0.2) is 48.8 Å². The molecule has 0 spiro atoms. The summed E-state index contributed by atoms with van der Waals surface area (Å²) in [4.78, 5) is 8.62. The molecule has 7 heteroatoms. The number of pyridine rings is 1. The smallest absolute Gasteiger partial charge is 0.245 e. The number of nitrogens with one attached hydrogen (secondary N) is 2. The quantitative estimate of drug-likeness (QED) is 0.746. The fourth-order valence-corrected chi connectivity index (χ4v) is 2.17. The molecule has 0 saturated carbocycles. The molecule has 0 atom stereocenters. The maximum atomic E-state index is 6.12. The molecule has 0 bridgehead atoms. The van der Waals surface area contributed by atoms with Gasteiger partial charge in [-0.2, -0.15) is 10.1 Å². The molecule has 116 valence electrons. The number of anilines is 3. The lowest BCUT2D eigenvalue weighted by Crippen LogP contribution is -2.07. The molecule has 0 amide bonds. The lowest BCUT2D eigenvalue weighted by molar-refractivity contribution is 0.934. The second-order valence-corrected chi connectivity index (χ2v) is 5.28.